The summed E-state index contributed by atoms with van der Waals surface area (Å²) in [5, 5.41) is 2.83. The number of para-hydroxylation sites is 1. The van der Waals surface area contributed by atoms with Gasteiger partial charge in [-0.1, -0.05) is 24.3 Å². The van der Waals surface area contributed by atoms with Crippen molar-refractivity contribution in [3.63, 3.8) is 0 Å². The Labute approximate surface area is 215 Å². The first-order valence-electron chi connectivity index (χ1n) is 11.8. The standard InChI is InChI=1S/C29H27FN4O3/c1-4-37-26-8-6-5-7-24(26)27(28(35)33-22-11-9-21(30)10-12-22)34(23-16-19(2)15-20(3)17-23)29(36)25-18-31-13-14-32-25/h5-18,27H,4H2,1-3H3,(H,33,35)/t27-/m0/s1. The number of nitrogens with one attached hydrogen (secondary N) is 1. The van der Waals surface area contributed by atoms with E-state index >= 15 is 0 Å². The van der Waals surface area contributed by atoms with E-state index in [0.717, 1.165) is 11.1 Å². The van der Waals surface area contributed by atoms with Gasteiger partial charge in [-0.15, -0.1) is 0 Å². The number of hydrogen-bond acceptors (Lipinski definition) is 5. The van der Waals surface area contributed by atoms with Crippen molar-refractivity contribution in [2.45, 2.75) is 26.8 Å². The van der Waals surface area contributed by atoms with Gasteiger partial charge in [-0.3, -0.25) is 19.5 Å². The molecule has 4 aromatic rings. The highest BCUT2D eigenvalue weighted by atomic mass is 19.1. The third-order valence-electron chi connectivity index (χ3n) is 5.62. The molecule has 2 amide bonds. The minimum atomic E-state index is -1.15. The fourth-order valence-corrected chi connectivity index (χ4v) is 4.14. The first kappa shape index (κ1) is 25.5. The van der Waals surface area contributed by atoms with Gasteiger partial charge in [-0.2, -0.15) is 0 Å². The van der Waals surface area contributed by atoms with E-state index in [-0.39, 0.29) is 5.69 Å². The van der Waals surface area contributed by atoms with Crippen LogP contribution < -0.4 is 15.0 Å². The number of halogens is 1. The number of ether oxygens (including phenoxy) is 1. The normalized spacial score (nSPS) is 11.5. The molecule has 3 aromatic carbocycles. The van der Waals surface area contributed by atoms with Crippen LogP contribution in [0.4, 0.5) is 15.8 Å². The molecule has 0 fully saturated rings. The number of amides is 2. The predicted molar refractivity (Wildman–Crippen MR) is 140 cm³/mol. The SMILES string of the molecule is CCOc1ccccc1[C@@H](C(=O)Nc1ccc(F)cc1)N(C(=O)c1cnccn1)c1cc(C)cc(C)c1. The third-order valence-corrected chi connectivity index (χ3v) is 5.62. The molecule has 0 spiro atoms. The number of anilines is 2. The van der Waals surface area contributed by atoms with E-state index in [0.29, 0.717) is 29.3 Å². The highest BCUT2D eigenvalue weighted by Crippen LogP contribution is 2.36. The molecule has 1 atom stereocenters. The summed E-state index contributed by atoms with van der Waals surface area (Å²) in [7, 11) is 0. The summed E-state index contributed by atoms with van der Waals surface area (Å²) in [6.45, 7) is 6.05. The lowest BCUT2D eigenvalue weighted by molar-refractivity contribution is -0.117. The van der Waals surface area contributed by atoms with E-state index in [1.54, 1.807) is 24.3 Å². The average molecular weight is 499 g/mol. The zero-order valence-corrected chi connectivity index (χ0v) is 20.8. The molecule has 8 heteroatoms. The Hall–Kier alpha value is -4.59. The topological polar surface area (TPSA) is 84.4 Å². The zero-order chi connectivity index (χ0) is 26.4. The number of benzene rings is 3. The highest BCUT2D eigenvalue weighted by Gasteiger charge is 2.36. The molecule has 0 saturated heterocycles. The molecular formula is C29H27FN4O3. The first-order chi connectivity index (χ1) is 17.9. The number of carbonyl (C=O) groups excluding carboxylic acids is 2. The minimum absolute atomic E-state index is 0.0788. The smallest absolute Gasteiger partial charge is 0.279 e. The largest absolute Gasteiger partial charge is 0.493 e. The molecule has 0 aliphatic heterocycles. The molecule has 0 aliphatic carbocycles. The Morgan fingerprint density at radius 3 is 2.35 bits per heavy atom. The van der Waals surface area contributed by atoms with Gasteiger partial charge in [-0.05, 0) is 74.4 Å². The van der Waals surface area contributed by atoms with Crippen LogP contribution in [0.2, 0.25) is 0 Å². The molecule has 0 bridgehead atoms. The monoisotopic (exact) mass is 498 g/mol. The van der Waals surface area contributed by atoms with Crippen LogP contribution in [0.5, 0.6) is 5.75 Å². The summed E-state index contributed by atoms with van der Waals surface area (Å²) in [4.78, 5) is 37.6. The van der Waals surface area contributed by atoms with E-state index in [1.165, 1.54) is 47.8 Å². The quantitative estimate of drug-likeness (QED) is 0.339. The summed E-state index contributed by atoms with van der Waals surface area (Å²) >= 11 is 0. The van der Waals surface area contributed by atoms with Gasteiger partial charge in [0.05, 0.1) is 12.8 Å². The second-order valence-corrected chi connectivity index (χ2v) is 8.48. The Kier molecular flexibility index (Phi) is 7.88. The van der Waals surface area contributed by atoms with Gasteiger partial charge in [0, 0.05) is 29.3 Å². The first-order valence-corrected chi connectivity index (χ1v) is 11.8. The summed E-state index contributed by atoms with van der Waals surface area (Å²) in [6.07, 6.45) is 4.26. The van der Waals surface area contributed by atoms with Crippen LogP contribution in [0, 0.1) is 19.7 Å². The van der Waals surface area contributed by atoms with Crippen LogP contribution in [-0.4, -0.2) is 28.4 Å². The molecular weight excluding hydrogens is 471 g/mol. The summed E-state index contributed by atoms with van der Waals surface area (Å²) < 4.78 is 19.4. The van der Waals surface area contributed by atoms with Crippen molar-refractivity contribution in [2.75, 3.05) is 16.8 Å². The number of aryl methyl sites for hydroxylation is 2. The number of hydrogen-bond donors (Lipinski definition) is 1. The maximum absolute atomic E-state index is 14.0. The van der Waals surface area contributed by atoms with Crippen molar-refractivity contribution >= 4 is 23.2 Å². The van der Waals surface area contributed by atoms with Gasteiger partial charge in [0.25, 0.3) is 11.8 Å². The number of carbonyl (C=O) groups is 2. The zero-order valence-electron chi connectivity index (χ0n) is 20.8. The lowest BCUT2D eigenvalue weighted by Crippen LogP contribution is -2.42. The molecule has 7 nitrogen and oxygen atoms in total. The highest BCUT2D eigenvalue weighted by molar-refractivity contribution is 6.11. The minimum Gasteiger partial charge on any atom is -0.493 e. The third kappa shape index (κ3) is 5.98. The molecule has 1 N–H and O–H groups in total. The Balaban J connectivity index is 1.92. The second kappa shape index (κ2) is 11.4. The van der Waals surface area contributed by atoms with E-state index < -0.39 is 23.7 Å². The van der Waals surface area contributed by atoms with Crippen molar-refractivity contribution in [3.8, 4) is 5.75 Å². The molecule has 188 valence electrons. The van der Waals surface area contributed by atoms with Gasteiger partial charge in [-0.25, -0.2) is 9.37 Å². The molecule has 0 saturated carbocycles. The fourth-order valence-electron chi connectivity index (χ4n) is 4.14. The Morgan fingerprint density at radius 1 is 1.00 bits per heavy atom. The van der Waals surface area contributed by atoms with Crippen LogP contribution >= 0.6 is 0 Å². The molecule has 0 radical (unpaired) electrons. The molecule has 1 heterocycles. The lowest BCUT2D eigenvalue weighted by atomic mass is 10.00. The van der Waals surface area contributed by atoms with Gasteiger partial charge in [0.15, 0.2) is 0 Å². The molecule has 4 rings (SSSR count). The molecule has 0 unspecified atom stereocenters. The predicted octanol–water partition coefficient (Wildman–Crippen LogP) is 5.66. The van der Waals surface area contributed by atoms with Crippen molar-refractivity contribution in [2.24, 2.45) is 0 Å². The van der Waals surface area contributed by atoms with Crippen LogP contribution in [0.3, 0.4) is 0 Å². The fraction of sp³-hybridized carbons (Fsp3) is 0.172. The van der Waals surface area contributed by atoms with Crippen molar-refractivity contribution in [1.82, 2.24) is 9.97 Å². The van der Waals surface area contributed by atoms with Gasteiger partial charge >= 0.3 is 0 Å². The van der Waals surface area contributed by atoms with E-state index in [2.05, 4.69) is 15.3 Å². The molecule has 37 heavy (non-hydrogen) atoms. The van der Waals surface area contributed by atoms with Gasteiger partial charge < -0.3 is 10.1 Å². The molecule has 1 aromatic heterocycles. The summed E-state index contributed by atoms with van der Waals surface area (Å²) in [5.74, 6) is -0.977. The molecule has 0 aliphatic rings. The summed E-state index contributed by atoms with van der Waals surface area (Å²) in [5.41, 5.74) is 3.30. The van der Waals surface area contributed by atoms with Crippen LogP contribution in [-0.2, 0) is 4.79 Å². The van der Waals surface area contributed by atoms with Crippen molar-refractivity contribution in [1.29, 1.82) is 0 Å². The number of nitrogens with zero attached hydrogens (tertiary/aromatic N) is 3. The lowest BCUT2D eigenvalue weighted by Gasteiger charge is -2.32. The van der Waals surface area contributed by atoms with E-state index in [9.17, 15) is 14.0 Å². The van der Waals surface area contributed by atoms with Gasteiger partial charge in [0.1, 0.15) is 23.3 Å². The number of aromatic nitrogens is 2. The maximum atomic E-state index is 14.0. The van der Waals surface area contributed by atoms with E-state index in [4.69, 9.17) is 4.74 Å². The van der Waals surface area contributed by atoms with Crippen LogP contribution in [0.15, 0.2) is 85.3 Å². The Morgan fingerprint density at radius 2 is 1.70 bits per heavy atom. The summed E-state index contributed by atoms with van der Waals surface area (Å²) in [6, 6.07) is 17.0. The van der Waals surface area contributed by atoms with Crippen LogP contribution in [0.1, 0.15) is 40.1 Å². The van der Waals surface area contributed by atoms with Crippen molar-refractivity contribution < 1.29 is 18.7 Å². The second-order valence-electron chi connectivity index (χ2n) is 8.48. The maximum Gasteiger partial charge on any atom is 0.279 e. The number of rotatable bonds is 8. The van der Waals surface area contributed by atoms with E-state index in [1.807, 2.05) is 39.0 Å². The van der Waals surface area contributed by atoms with Crippen LogP contribution in [0.25, 0.3) is 0 Å². The van der Waals surface area contributed by atoms with Crippen molar-refractivity contribution in [3.05, 3.63) is 114 Å². The average Bonchev–Trinajstić information content (AvgIpc) is 2.89. The van der Waals surface area contributed by atoms with Gasteiger partial charge in [0.2, 0.25) is 0 Å². The Bertz CT molecular complexity index is 1370.